The van der Waals surface area contributed by atoms with Crippen LogP contribution >= 0.6 is 0 Å². The maximum absolute atomic E-state index is 12.4. The van der Waals surface area contributed by atoms with Crippen molar-refractivity contribution in [3.8, 4) is 0 Å². The summed E-state index contributed by atoms with van der Waals surface area (Å²) in [5.74, 6) is -0.145. The molecule has 9 heteroatoms. The molecule has 0 bridgehead atoms. The van der Waals surface area contributed by atoms with Crippen molar-refractivity contribution < 1.29 is 13.2 Å². The highest BCUT2D eigenvalue weighted by molar-refractivity contribution is 7.89. The fraction of sp³-hybridized carbons (Fsp3) is 0.643. The fourth-order valence-electron chi connectivity index (χ4n) is 2.46. The highest BCUT2D eigenvalue weighted by atomic mass is 32.2. The van der Waals surface area contributed by atoms with E-state index < -0.39 is 10.0 Å². The summed E-state index contributed by atoms with van der Waals surface area (Å²) in [6.07, 6.45) is 2.05. The Hall–Kier alpha value is -1.74. The molecule has 1 saturated heterocycles. The van der Waals surface area contributed by atoms with Gasteiger partial charge in [0.05, 0.1) is 5.75 Å². The van der Waals surface area contributed by atoms with E-state index in [1.807, 2.05) is 6.92 Å². The van der Waals surface area contributed by atoms with Crippen LogP contribution in [0.5, 0.6) is 0 Å². The normalized spacial score (nSPS) is 17.0. The van der Waals surface area contributed by atoms with Crippen molar-refractivity contribution in [3.63, 3.8) is 0 Å². The van der Waals surface area contributed by atoms with Crippen molar-refractivity contribution in [1.29, 1.82) is 0 Å². The van der Waals surface area contributed by atoms with Crippen LogP contribution in [0.3, 0.4) is 0 Å². The zero-order valence-corrected chi connectivity index (χ0v) is 14.0. The first-order valence-electron chi connectivity index (χ1n) is 7.77. The molecule has 1 fully saturated rings. The molecule has 0 radical (unpaired) electrons. The lowest BCUT2D eigenvalue weighted by Gasteiger charge is -2.21. The van der Waals surface area contributed by atoms with Crippen molar-refractivity contribution >= 4 is 15.9 Å². The first-order valence-corrected chi connectivity index (χ1v) is 9.38. The molecule has 0 aliphatic carbocycles. The van der Waals surface area contributed by atoms with Gasteiger partial charge in [-0.15, -0.1) is 0 Å². The second-order valence-corrected chi connectivity index (χ2v) is 7.61. The van der Waals surface area contributed by atoms with Gasteiger partial charge in [0.15, 0.2) is 0 Å². The number of unbranched alkanes of at least 4 members (excludes halogenated alkanes) is 1. The van der Waals surface area contributed by atoms with Crippen LogP contribution < -0.4 is 5.56 Å². The molecular formula is C14H22N4O4S. The molecule has 1 aromatic heterocycles. The lowest BCUT2D eigenvalue weighted by atomic mass is 10.3. The van der Waals surface area contributed by atoms with Crippen LogP contribution in [0.2, 0.25) is 0 Å². The Labute approximate surface area is 135 Å². The Bertz CT molecular complexity index is 680. The first kappa shape index (κ1) is 17.6. The first-order chi connectivity index (χ1) is 10.9. The Morgan fingerprint density at radius 3 is 2.70 bits per heavy atom. The largest absolute Gasteiger partial charge is 0.336 e. The van der Waals surface area contributed by atoms with E-state index in [9.17, 15) is 18.0 Å². The quantitative estimate of drug-likeness (QED) is 0.814. The highest BCUT2D eigenvalue weighted by Gasteiger charge is 2.27. The lowest BCUT2D eigenvalue weighted by Crippen LogP contribution is -2.38. The van der Waals surface area contributed by atoms with Crippen molar-refractivity contribution in [2.45, 2.75) is 26.2 Å². The SMILES string of the molecule is CCCCS(=O)(=O)N1CCCN(C(=O)c2ccc(=O)[nH]n2)CC1. The molecule has 1 aromatic rings. The van der Waals surface area contributed by atoms with Gasteiger partial charge in [-0.05, 0) is 18.9 Å². The molecule has 0 saturated carbocycles. The van der Waals surface area contributed by atoms with Gasteiger partial charge in [-0.2, -0.15) is 5.10 Å². The number of sulfonamides is 1. The van der Waals surface area contributed by atoms with E-state index in [4.69, 9.17) is 0 Å². The molecule has 2 heterocycles. The van der Waals surface area contributed by atoms with Crippen molar-refractivity contribution in [2.24, 2.45) is 0 Å². The molecular weight excluding hydrogens is 320 g/mol. The Morgan fingerprint density at radius 1 is 1.26 bits per heavy atom. The summed E-state index contributed by atoms with van der Waals surface area (Å²) < 4.78 is 26.0. The van der Waals surface area contributed by atoms with Crippen LogP contribution in [0.25, 0.3) is 0 Å². The third kappa shape index (κ3) is 4.61. The third-order valence-electron chi connectivity index (χ3n) is 3.79. The summed E-state index contributed by atoms with van der Waals surface area (Å²) in [7, 11) is -3.26. The van der Waals surface area contributed by atoms with Gasteiger partial charge in [0.1, 0.15) is 5.69 Å². The van der Waals surface area contributed by atoms with E-state index in [2.05, 4.69) is 10.2 Å². The van der Waals surface area contributed by atoms with E-state index in [0.29, 0.717) is 39.0 Å². The minimum Gasteiger partial charge on any atom is -0.336 e. The van der Waals surface area contributed by atoms with Crippen LogP contribution in [-0.2, 0) is 10.0 Å². The number of carbonyl (C=O) groups is 1. The molecule has 8 nitrogen and oxygen atoms in total. The topological polar surface area (TPSA) is 103 Å². The molecule has 0 spiro atoms. The summed E-state index contributed by atoms with van der Waals surface area (Å²) in [4.78, 5) is 24.9. The number of H-pyrrole nitrogens is 1. The van der Waals surface area contributed by atoms with E-state index in [0.717, 1.165) is 6.42 Å². The van der Waals surface area contributed by atoms with Gasteiger partial charge in [0.25, 0.3) is 11.5 Å². The molecule has 2 rings (SSSR count). The standard InChI is InChI=1S/C14H22N4O4S/c1-2-3-11-23(21,22)18-8-4-7-17(9-10-18)14(20)12-5-6-13(19)16-15-12/h5-6H,2-4,7-11H2,1H3,(H,16,19). The van der Waals surface area contributed by atoms with Gasteiger partial charge >= 0.3 is 0 Å². The van der Waals surface area contributed by atoms with E-state index in [-0.39, 0.29) is 22.9 Å². The molecule has 1 aliphatic heterocycles. The number of hydrogen-bond donors (Lipinski definition) is 1. The molecule has 128 valence electrons. The molecule has 1 N–H and O–H groups in total. The number of nitrogens with one attached hydrogen (secondary N) is 1. The summed E-state index contributed by atoms with van der Waals surface area (Å²) >= 11 is 0. The Kier molecular flexibility index (Phi) is 5.89. The zero-order valence-electron chi connectivity index (χ0n) is 13.2. The van der Waals surface area contributed by atoms with Crippen molar-refractivity contribution in [3.05, 3.63) is 28.2 Å². The Balaban J connectivity index is 2.02. The number of rotatable bonds is 5. The van der Waals surface area contributed by atoms with Crippen molar-refractivity contribution in [1.82, 2.24) is 19.4 Å². The van der Waals surface area contributed by atoms with Crippen LogP contribution in [0.1, 0.15) is 36.7 Å². The number of carbonyl (C=O) groups excluding carboxylic acids is 1. The molecule has 0 atom stereocenters. The summed E-state index contributed by atoms with van der Waals surface area (Å²) in [5.41, 5.74) is -0.211. The zero-order chi connectivity index (χ0) is 16.9. The van der Waals surface area contributed by atoms with Crippen molar-refractivity contribution in [2.75, 3.05) is 31.9 Å². The van der Waals surface area contributed by atoms with Gasteiger partial charge in [-0.1, -0.05) is 13.3 Å². The van der Waals surface area contributed by atoms with E-state index in [1.165, 1.54) is 16.4 Å². The molecule has 1 aliphatic rings. The molecule has 0 unspecified atom stereocenters. The number of aromatic amines is 1. The monoisotopic (exact) mass is 342 g/mol. The average Bonchev–Trinajstić information content (AvgIpc) is 2.79. The number of nitrogens with zero attached hydrogens (tertiary/aromatic N) is 3. The maximum Gasteiger partial charge on any atom is 0.274 e. The van der Waals surface area contributed by atoms with Crippen LogP contribution in [-0.4, -0.2) is 65.7 Å². The highest BCUT2D eigenvalue weighted by Crippen LogP contribution is 2.12. The van der Waals surface area contributed by atoms with Crippen LogP contribution in [0, 0.1) is 0 Å². The predicted octanol–water partition coefficient (Wildman–Crippen LogP) is 0.0477. The number of amides is 1. The van der Waals surface area contributed by atoms with E-state index in [1.54, 1.807) is 4.90 Å². The smallest absolute Gasteiger partial charge is 0.274 e. The van der Waals surface area contributed by atoms with Crippen LogP contribution in [0.15, 0.2) is 16.9 Å². The molecule has 23 heavy (non-hydrogen) atoms. The van der Waals surface area contributed by atoms with Gasteiger partial charge < -0.3 is 4.90 Å². The summed E-state index contributed by atoms with van der Waals surface area (Å²) in [6, 6.07) is 2.63. The summed E-state index contributed by atoms with van der Waals surface area (Å²) in [6.45, 7) is 3.47. The van der Waals surface area contributed by atoms with Gasteiger partial charge in [0, 0.05) is 32.2 Å². The predicted molar refractivity (Wildman–Crippen MR) is 85.6 cm³/mol. The van der Waals surface area contributed by atoms with Crippen LogP contribution in [0.4, 0.5) is 0 Å². The number of aromatic nitrogens is 2. The Morgan fingerprint density at radius 2 is 2.04 bits per heavy atom. The second-order valence-electron chi connectivity index (χ2n) is 5.52. The minimum atomic E-state index is -3.26. The fourth-order valence-corrected chi connectivity index (χ4v) is 4.14. The van der Waals surface area contributed by atoms with Gasteiger partial charge in [0.2, 0.25) is 10.0 Å². The lowest BCUT2D eigenvalue weighted by molar-refractivity contribution is 0.0757. The van der Waals surface area contributed by atoms with Gasteiger partial charge in [-0.25, -0.2) is 17.8 Å². The third-order valence-corrected chi connectivity index (χ3v) is 5.75. The maximum atomic E-state index is 12.4. The average molecular weight is 342 g/mol. The van der Waals surface area contributed by atoms with E-state index >= 15 is 0 Å². The molecule has 0 aromatic carbocycles. The van der Waals surface area contributed by atoms with Gasteiger partial charge in [-0.3, -0.25) is 9.59 Å². The molecule has 1 amide bonds. The number of hydrogen-bond acceptors (Lipinski definition) is 5. The minimum absolute atomic E-state index is 0.152. The second kappa shape index (κ2) is 7.69. The summed E-state index contributed by atoms with van der Waals surface area (Å²) in [5, 5.41) is 5.96.